The Bertz CT molecular complexity index is 100.0. The Kier molecular flexibility index (Phi) is 42.9. The molecule has 7 nitrogen and oxygen atoms in total. The van der Waals surface area contributed by atoms with Crippen LogP contribution in [0.2, 0.25) is 0 Å². The zero-order chi connectivity index (χ0) is 6.57. The van der Waals surface area contributed by atoms with Crippen LogP contribution >= 0.6 is 0 Å². The topological polar surface area (TPSA) is 169 Å². The van der Waals surface area contributed by atoms with Gasteiger partial charge in [0.2, 0.25) is 0 Å². The minimum absolute atomic E-state index is 0. The summed E-state index contributed by atoms with van der Waals surface area (Å²) in [5.41, 5.74) is 0. The summed E-state index contributed by atoms with van der Waals surface area (Å²) < 4.78 is 0. The summed E-state index contributed by atoms with van der Waals surface area (Å²) in [6.07, 6.45) is -0.593. The van der Waals surface area contributed by atoms with Crippen LogP contribution in [0.5, 0.6) is 0 Å². The van der Waals surface area contributed by atoms with Gasteiger partial charge in [0, 0.05) is 0 Å². The first-order valence-corrected chi connectivity index (χ1v) is 2.06. The molecule has 0 aromatic rings. The van der Waals surface area contributed by atoms with Gasteiger partial charge in [0.1, 0.15) is 0 Å². The SMILES string of the molecule is O.O.O.O=C(O)CCC(=O)O.[KH]. The van der Waals surface area contributed by atoms with Crippen molar-refractivity contribution in [1.29, 1.82) is 0 Å². The molecule has 0 radical (unpaired) electrons. The zero-order valence-electron chi connectivity index (χ0n) is 5.63. The van der Waals surface area contributed by atoms with Gasteiger partial charge in [-0.1, -0.05) is 0 Å². The molecular weight excluding hydrogens is 199 g/mol. The van der Waals surface area contributed by atoms with Crippen LogP contribution < -0.4 is 0 Å². The van der Waals surface area contributed by atoms with Crippen LogP contribution in [0.1, 0.15) is 12.8 Å². The van der Waals surface area contributed by atoms with Gasteiger partial charge in [0.05, 0.1) is 12.8 Å². The molecule has 0 aromatic carbocycles. The Hall–Kier alpha value is 0.456. The molecule has 0 bridgehead atoms. The predicted octanol–water partition coefficient (Wildman–Crippen LogP) is -3.19. The van der Waals surface area contributed by atoms with Crippen LogP contribution in [-0.2, 0) is 9.59 Å². The molecule has 72 valence electrons. The summed E-state index contributed by atoms with van der Waals surface area (Å²) >= 11 is 0. The van der Waals surface area contributed by atoms with Gasteiger partial charge in [-0.25, -0.2) is 0 Å². The van der Waals surface area contributed by atoms with Crippen molar-refractivity contribution in [3.8, 4) is 0 Å². The van der Waals surface area contributed by atoms with Crippen molar-refractivity contribution in [2.45, 2.75) is 12.8 Å². The molecule has 12 heavy (non-hydrogen) atoms. The second-order valence-corrected chi connectivity index (χ2v) is 1.29. The third-order valence-electron chi connectivity index (χ3n) is 0.553. The van der Waals surface area contributed by atoms with Crippen molar-refractivity contribution in [2.75, 3.05) is 0 Å². The van der Waals surface area contributed by atoms with E-state index in [9.17, 15) is 9.59 Å². The molecule has 0 saturated heterocycles. The zero-order valence-corrected chi connectivity index (χ0v) is 5.63. The fourth-order valence-corrected chi connectivity index (χ4v) is 0.214. The van der Waals surface area contributed by atoms with Gasteiger partial charge in [-0.2, -0.15) is 0 Å². The van der Waals surface area contributed by atoms with E-state index in [-0.39, 0.29) is 80.7 Å². The molecule has 0 aliphatic rings. The van der Waals surface area contributed by atoms with Gasteiger partial charge >= 0.3 is 63.3 Å². The average molecular weight is 212 g/mol. The number of aliphatic carboxylic acids is 2. The molecule has 0 amide bonds. The molecule has 0 unspecified atom stereocenters. The van der Waals surface area contributed by atoms with E-state index in [1.807, 2.05) is 0 Å². The molecule has 0 rings (SSSR count). The van der Waals surface area contributed by atoms with Gasteiger partial charge in [-0.15, -0.1) is 0 Å². The summed E-state index contributed by atoms with van der Waals surface area (Å²) in [6, 6.07) is 0. The third kappa shape index (κ3) is 31.4. The Labute approximate surface area is 111 Å². The van der Waals surface area contributed by atoms with Crippen LogP contribution in [0.15, 0.2) is 0 Å². The molecule has 0 aliphatic carbocycles. The van der Waals surface area contributed by atoms with Crippen LogP contribution in [-0.4, -0.2) is 90.0 Å². The Morgan fingerprint density at radius 1 is 0.833 bits per heavy atom. The number of carboxylic acid groups (broad SMARTS) is 2. The van der Waals surface area contributed by atoms with Crippen molar-refractivity contribution < 1.29 is 36.2 Å². The van der Waals surface area contributed by atoms with Crippen molar-refractivity contribution in [3.05, 3.63) is 0 Å². The molecular formula is C4H13KO7. The number of hydrogen-bond donors (Lipinski definition) is 2. The maximum atomic E-state index is 9.64. The van der Waals surface area contributed by atoms with Crippen LogP contribution in [0.25, 0.3) is 0 Å². The van der Waals surface area contributed by atoms with Crippen molar-refractivity contribution in [3.63, 3.8) is 0 Å². The number of carbonyl (C=O) groups is 2. The van der Waals surface area contributed by atoms with Crippen LogP contribution in [0, 0.1) is 0 Å². The Morgan fingerprint density at radius 3 is 1.08 bits per heavy atom. The molecule has 8 heteroatoms. The second-order valence-electron chi connectivity index (χ2n) is 1.29. The van der Waals surface area contributed by atoms with Gasteiger partial charge in [-0.05, 0) is 0 Å². The van der Waals surface area contributed by atoms with E-state index in [0.717, 1.165) is 0 Å². The molecule has 8 N–H and O–H groups in total. The first-order chi connectivity index (χ1) is 3.63. The molecule has 0 fully saturated rings. The summed E-state index contributed by atoms with van der Waals surface area (Å²) in [6.45, 7) is 0. The third-order valence-corrected chi connectivity index (χ3v) is 0.553. The Morgan fingerprint density at radius 2 is 1.00 bits per heavy atom. The van der Waals surface area contributed by atoms with E-state index < -0.39 is 11.9 Å². The molecule has 0 spiro atoms. The van der Waals surface area contributed by atoms with Gasteiger partial charge in [0.25, 0.3) is 0 Å². The Balaban J connectivity index is -0.0000000408. The minimum atomic E-state index is -1.08. The molecule has 0 heterocycles. The maximum absolute atomic E-state index is 9.64. The summed E-state index contributed by atoms with van der Waals surface area (Å²) in [7, 11) is 0. The van der Waals surface area contributed by atoms with Crippen LogP contribution in [0.3, 0.4) is 0 Å². The van der Waals surface area contributed by atoms with E-state index in [1.165, 1.54) is 0 Å². The summed E-state index contributed by atoms with van der Waals surface area (Å²) in [4.78, 5) is 19.3. The molecule has 0 aromatic heterocycles. The summed E-state index contributed by atoms with van der Waals surface area (Å²) in [5, 5.41) is 15.8. The predicted molar refractivity (Wildman–Crippen MR) is 42.5 cm³/mol. The van der Waals surface area contributed by atoms with E-state index in [1.54, 1.807) is 0 Å². The fourth-order valence-electron chi connectivity index (χ4n) is 0.214. The number of hydrogen-bond acceptors (Lipinski definition) is 2. The molecule has 0 saturated carbocycles. The van der Waals surface area contributed by atoms with Crippen molar-refractivity contribution in [2.24, 2.45) is 0 Å². The quantitative estimate of drug-likeness (QED) is 0.470. The van der Waals surface area contributed by atoms with Gasteiger partial charge in [0.15, 0.2) is 0 Å². The number of rotatable bonds is 3. The standard InChI is InChI=1S/C4H6O4.K.3H2O.H/c5-3(6)1-2-4(7)8;;;;;/h1-2H2,(H,5,6)(H,7,8);;3*1H2;. The molecule has 0 aliphatic heterocycles. The number of carboxylic acids is 2. The first-order valence-electron chi connectivity index (χ1n) is 2.06. The second kappa shape index (κ2) is 17.5. The van der Waals surface area contributed by atoms with Crippen molar-refractivity contribution >= 4 is 63.3 Å². The van der Waals surface area contributed by atoms with E-state index >= 15 is 0 Å². The molecule has 0 atom stereocenters. The fraction of sp³-hybridized carbons (Fsp3) is 0.500. The van der Waals surface area contributed by atoms with E-state index in [0.29, 0.717) is 0 Å². The van der Waals surface area contributed by atoms with Gasteiger partial charge < -0.3 is 26.6 Å². The summed E-state index contributed by atoms with van der Waals surface area (Å²) in [5.74, 6) is -2.15. The monoisotopic (exact) mass is 212 g/mol. The van der Waals surface area contributed by atoms with E-state index in [4.69, 9.17) is 10.2 Å². The van der Waals surface area contributed by atoms with Gasteiger partial charge in [-0.3, -0.25) is 9.59 Å². The van der Waals surface area contributed by atoms with Crippen LogP contribution in [0.4, 0.5) is 0 Å². The van der Waals surface area contributed by atoms with Crippen molar-refractivity contribution in [1.82, 2.24) is 0 Å². The average Bonchev–Trinajstić information content (AvgIpc) is 1.61. The normalized spacial score (nSPS) is 5.67. The van der Waals surface area contributed by atoms with E-state index in [2.05, 4.69) is 0 Å². The first kappa shape index (κ1) is 29.4.